The molecule has 3 rings (SSSR count). The van der Waals surface area contributed by atoms with Crippen LogP contribution in [-0.2, 0) is 9.53 Å². The number of benzene rings is 1. The van der Waals surface area contributed by atoms with Crippen molar-refractivity contribution in [2.24, 2.45) is 0 Å². The minimum absolute atomic E-state index is 0.208. The largest absolute Gasteiger partial charge is 0.485 e. The van der Waals surface area contributed by atoms with Crippen molar-refractivity contribution in [3.8, 4) is 11.5 Å². The summed E-state index contributed by atoms with van der Waals surface area (Å²) in [6.07, 6.45) is 3.12. The summed E-state index contributed by atoms with van der Waals surface area (Å²) >= 11 is 0. The van der Waals surface area contributed by atoms with E-state index in [1.54, 1.807) is 6.07 Å². The minimum Gasteiger partial charge on any atom is -0.485 e. The van der Waals surface area contributed by atoms with E-state index in [4.69, 9.17) is 14.2 Å². The molecule has 2 aliphatic heterocycles. The molecule has 0 radical (unpaired) electrons. The fourth-order valence-electron chi connectivity index (χ4n) is 2.69. The topological polar surface area (TPSA) is 48.0 Å². The summed E-state index contributed by atoms with van der Waals surface area (Å²) in [5, 5.41) is 0. The maximum Gasteiger partial charge on any atom is 0.351 e. The zero-order valence-electron chi connectivity index (χ0n) is 12.1. The highest BCUT2D eigenvalue weighted by Gasteiger charge is 2.28. The highest BCUT2D eigenvalue weighted by Crippen LogP contribution is 2.31. The molecule has 0 amide bonds. The number of carbonyl (C=O) groups is 1. The van der Waals surface area contributed by atoms with Crippen LogP contribution in [-0.4, -0.2) is 49.8 Å². The molecule has 1 aromatic rings. The van der Waals surface area contributed by atoms with Gasteiger partial charge in [-0.3, -0.25) is 4.90 Å². The first-order chi connectivity index (χ1) is 10.3. The molecule has 1 aromatic carbocycles. The fourth-order valence-corrected chi connectivity index (χ4v) is 2.69. The standard InChI is InChI=1S/C16H21NO4/c18-16(19-11-10-17-8-4-1-5-9-17)15-12-20-13-6-2-3-7-14(13)21-15/h2-3,6-7,15H,1,4-5,8-12H2/t15-/m0/s1. The zero-order valence-corrected chi connectivity index (χ0v) is 12.1. The van der Waals surface area contributed by atoms with Gasteiger partial charge in [-0.2, -0.15) is 0 Å². The Hall–Kier alpha value is -1.75. The Labute approximate surface area is 124 Å². The molecule has 2 aliphatic rings. The van der Waals surface area contributed by atoms with Gasteiger partial charge in [0.15, 0.2) is 11.5 Å². The molecule has 21 heavy (non-hydrogen) atoms. The van der Waals surface area contributed by atoms with Crippen molar-refractivity contribution in [3.05, 3.63) is 24.3 Å². The average molecular weight is 291 g/mol. The van der Waals surface area contributed by atoms with Gasteiger partial charge in [-0.1, -0.05) is 18.6 Å². The van der Waals surface area contributed by atoms with Gasteiger partial charge in [-0.25, -0.2) is 4.79 Å². The molecule has 5 nitrogen and oxygen atoms in total. The van der Waals surface area contributed by atoms with Crippen molar-refractivity contribution in [3.63, 3.8) is 0 Å². The monoisotopic (exact) mass is 291 g/mol. The van der Waals surface area contributed by atoms with E-state index in [0.717, 1.165) is 19.6 Å². The molecule has 1 saturated heterocycles. The normalized spacial score (nSPS) is 21.8. The summed E-state index contributed by atoms with van der Waals surface area (Å²) in [6, 6.07) is 7.35. The number of fused-ring (bicyclic) bond motifs is 1. The number of esters is 1. The SMILES string of the molecule is O=C(OCCN1CCCCC1)[C@@H]1COc2ccccc2O1. The van der Waals surface area contributed by atoms with Crippen LogP contribution in [0.5, 0.6) is 11.5 Å². The number of likely N-dealkylation sites (tertiary alicyclic amines) is 1. The molecule has 2 heterocycles. The van der Waals surface area contributed by atoms with E-state index in [1.807, 2.05) is 18.2 Å². The number of piperidine rings is 1. The first kappa shape index (κ1) is 14.2. The lowest BCUT2D eigenvalue weighted by Crippen LogP contribution is -2.39. The van der Waals surface area contributed by atoms with Crippen molar-refractivity contribution in [1.29, 1.82) is 0 Å². The maximum atomic E-state index is 12.0. The molecule has 0 bridgehead atoms. The molecule has 0 aromatic heterocycles. The third-order valence-corrected chi connectivity index (χ3v) is 3.87. The van der Waals surface area contributed by atoms with Gasteiger partial charge in [0.2, 0.25) is 6.10 Å². The van der Waals surface area contributed by atoms with Gasteiger partial charge in [-0.15, -0.1) is 0 Å². The second kappa shape index (κ2) is 6.80. The smallest absolute Gasteiger partial charge is 0.351 e. The highest BCUT2D eigenvalue weighted by molar-refractivity contribution is 5.76. The summed E-state index contributed by atoms with van der Waals surface area (Å²) in [4.78, 5) is 14.3. The van der Waals surface area contributed by atoms with Gasteiger partial charge in [0.05, 0.1) is 0 Å². The number of hydrogen-bond donors (Lipinski definition) is 0. The Morgan fingerprint density at radius 3 is 2.76 bits per heavy atom. The number of nitrogens with zero attached hydrogens (tertiary/aromatic N) is 1. The Bertz CT molecular complexity index is 485. The van der Waals surface area contributed by atoms with Gasteiger partial charge in [0, 0.05) is 6.54 Å². The molecule has 0 unspecified atom stereocenters. The lowest BCUT2D eigenvalue weighted by Gasteiger charge is -2.27. The molecule has 0 N–H and O–H groups in total. The van der Waals surface area contributed by atoms with E-state index < -0.39 is 6.10 Å². The van der Waals surface area contributed by atoms with Crippen LogP contribution in [0.3, 0.4) is 0 Å². The molecule has 0 aliphatic carbocycles. The highest BCUT2D eigenvalue weighted by atomic mass is 16.6. The Kier molecular flexibility index (Phi) is 4.60. The van der Waals surface area contributed by atoms with Crippen LogP contribution < -0.4 is 9.47 Å². The fraction of sp³-hybridized carbons (Fsp3) is 0.562. The summed E-state index contributed by atoms with van der Waals surface area (Å²) in [5.41, 5.74) is 0. The zero-order chi connectivity index (χ0) is 14.5. The van der Waals surface area contributed by atoms with E-state index in [2.05, 4.69) is 4.90 Å². The molecular weight excluding hydrogens is 270 g/mol. The van der Waals surface area contributed by atoms with E-state index in [0.29, 0.717) is 18.1 Å². The molecule has 1 fully saturated rings. The van der Waals surface area contributed by atoms with Crippen LogP contribution in [0.25, 0.3) is 0 Å². The second-order valence-corrected chi connectivity index (χ2v) is 5.43. The molecule has 0 saturated carbocycles. The maximum absolute atomic E-state index is 12.0. The van der Waals surface area contributed by atoms with Crippen molar-refractivity contribution in [2.45, 2.75) is 25.4 Å². The van der Waals surface area contributed by atoms with Gasteiger partial charge < -0.3 is 14.2 Å². The van der Waals surface area contributed by atoms with Crippen LogP contribution in [0.1, 0.15) is 19.3 Å². The quantitative estimate of drug-likeness (QED) is 0.792. The molecule has 1 atom stereocenters. The van der Waals surface area contributed by atoms with Crippen LogP contribution in [0.2, 0.25) is 0 Å². The molecule has 5 heteroatoms. The van der Waals surface area contributed by atoms with Gasteiger partial charge in [0.25, 0.3) is 0 Å². The third kappa shape index (κ3) is 3.67. The Balaban J connectivity index is 1.44. The number of carbonyl (C=O) groups excluding carboxylic acids is 1. The summed E-state index contributed by atoms with van der Waals surface area (Å²) in [6.45, 7) is 3.64. The summed E-state index contributed by atoms with van der Waals surface area (Å²) < 4.78 is 16.5. The van der Waals surface area contributed by atoms with Crippen LogP contribution in [0.4, 0.5) is 0 Å². The third-order valence-electron chi connectivity index (χ3n) is 3.87. The average Bonchev–Trinajstić information content (AvgIpc) is 2.55. The molecule has 114 valence electrons. The lowest BCUT2D eigenvalue weighted by molar-refractivity contribution is -0.155. The van der Waals surface area contributed by atoms with Crippen LogP contribution >= 0.6 is 0 Å². The molecule has 0 spiro atoms. The van der Waals surface area contributed by atoms with Crippen molar-refractivity contribution < 1.29 is 19.0 Å². The predicted octanol–water partition coefficient (Wildman–Crippen LogP) is 1.86. The first-order valence-electron chi connectivity index (χ1n) is 7.60. The second-order valence-electron chi connectivity index (χ2n) is 5.43. The predicted molar refractivity (Wildman–Crippen MR) is 77.6 cm³/mol. The molecular formula is C16H21NO4. The Morgan fingerprint density at radius 2 is 1.95 bits per heavy atom. The van der Waals surface area contributed by atoms with Gasteiger partial charge >= 0.3 is 5.97 Å². The number of rotatable bonds is 4. The summed E-state index contributed by atoms with van der Waals surface area (Å²) in [7, 11) is 0. The van der Waals surface area contributed by atoms with E-state index >= 15 is 0 Å². The number of ether oxygens (including phenoxy) is 3. The van der Waals surface area contributed by atoms with Crippen molar-refractivity contribution in [1.82, 2.24) is 4.90 Å². The number of para-hydroxylation sites is 2. The van der Waals surface area contributed by atoms with E-state index in [1.165, 1.54) is 19.3 Å². The Morgan fingerprint density at radius 1 is 1.19 bits per heavy atom. The lowest BCUT2D eigenvalue weighted by atomic mass is 10.1. The van der Waals surface area contributed by atoms with Gasteiger partial charge in [0.1, 0.15) is 13.2 Å². The summed E-state index contributed by atoms with van der Waals surface area (Å²) in [5.74, 6) is 0.929. The number of hydrogen-bond acceptors (Lipinski definition) is 5. The minimum atomic E-state index is -0.666. The van der Waals surface area contributed by atoms with Gasteiger partial charge in [-0.05, 0) is 38.1 Å². The van der Waals surface area contributed by atoms with E-state index in [-0.39, 0.29) is 12.6 Å². The van der Waals surface area contributed by atoms with Crippen molar-refractivity contribution in [2.75, 3.05) is 32.8 Å². The van der Waals surface area contributed by atoms with Crippen LogP contribution in [0, 0.1) is 0 Å². The van der Waals surface area contributed by atoms with Crippen LogP contribution in [0.15, 0.2) is 24.3 Å². The van der Waals surface area contributed by atoms with Crippen molar-refractivity contribution >= 4 is 5.97 Å². The first-order valence-corrected chi connectivity index (χ1v) is 7.60. The van der Waals surface area contributed by atoms with E-state index in [9.17, 15) is 4.79 Å².